The first-order valence-corrected chi connectivity index (χ1v) is 0.408. The third kappa shape index (κ3) is 4510. The van der Waals surface area contributed by atoms with Crippen LogP contribution >= 0.6 is 0 Å². The van der Waals surface area contributed by atoms with Crippen LogP contribution in [0.4, 0.5) is 0 Å². The predicted octanol–water partition coefficient (Wildman–Crippen LogP) is 7.05. The minimum atomic E-state index is 0. The van der Waals surface area contributed by atoms with Crippen molar-refractivity contribution in [2.75, 3.05) is 0 Å². The molecule has 2 heteroatoms. The van der Waals surface area contributed by atoms with Crippen molar-refractivity contribution >= 4 is 6.15 Å². The second-order valence-electron chi connectivity index (χ2n) is 0.0833. The standard InChI is InChI=1S/CO2.12CH4/c2-1-3;;;;;;;;;;;;/h;12*1H4. The Hall–Kier alpha value is -0.620. The number of rotatable bonds is 0. The molecular weight excluding hydrogens is 188 g/mol. The first-order chi connectivity index (χ1) is 1.41. The molecule has 0 spiro atoms. The molecule has 0 amide bonds. The largest absolute Gasteiger partial charge is 0.373 e. The Morgan fingerprint density at radius 1 is 0.333 bits per heavy atom. The molecule has 112 valence electrons. The summed E-state index contributed by atoms with van der Waals surface area (Å²) in [6.07, 6.45) is 0.250. The summed E-state index contributed by atoms with van der Waals surface area (Å²) in [7, 11) is 0. The summed E-state index contributed by atoms with van der Waals surface area (Å²) in [5, 5.41) is 0. The van der Waals surface area contributed by atoms with Crippen LogP contribution in [-0.4, -0.2) is 6.15 Å². The highest BCUT2D eigenvalue weighted by atomic mass is 16.2. The molecule has 2 nitrogen and oxygen atoms in total. The summed E-state index contributed by atoms with van der Waals surface area (Å²) in [6, 6.07) is 0. The zero-order valence-electron chi connectivity index (χ0n) is 1.32. The molecule has 0 N–H and O–H groups in total. The van der Waals surface area contributed by atoms with Gasteiger partial charge in [0.2, 0.25) is 0 Å². The van der Waals surface area contributed by atoms with E-state index in [4.69, 9.17) is 9.59 Å². The van der Waals surface area contributed by atoms with Crippen LogP contribution in [0.3, 0.4) is 0 Å². The molecule has 0 saturated carbocycles. The van der Waals surface area contributed by atoms with E-state index in [1.807, 2.05) is 0 Å². The van der Waals surface area contributed by atoms with Crippen LogP contribution in [0, 0.1) is 0 Å². The Kier molecular flexibility index (Phi) is 1280000. The van der Waals surface area contributed by atoms with Crippen LogP contribution in [0.1, 0.15) is 89.1 Å². The van der Waals surface area contributed by atoms with Gasteiger partial charge in [-0.25, -0.2) is 0 Å². The van der Waals surface area contributed by atoms with Crippen molar-refractivity contribution in [2.24, 2.45) is 0 Å². The van der Waals surface area contributed by atoms with Gasteiger partial charge in [0.1, 0.15) is 0 Å². The van der Waals surface area contributed by atoms with E-state index in [0.29, 0.717) is 0 Å². The fraction of sp³-hybridized carbons (Fsp3) is 0.923. The minimum absolute atomic E-state index is 0. The number of hydrogen-bond acceptors (Lipinski definition) is 2. The highest BCUT2D eigenvalue weighted by Gasteiger charge is 1.13. The number of hydrogen-bond donors (Lipinski definition) is 0. The van der Waals surface area contributed by atoms with Crippen LogP contribution < -0.4 is 0 Å². The van der Waals surface area contributed by atoms with Crippen molar-refractivity contribution < 1.29 is 9.59 Å². The molecular formula is C13H48O2. The molecule has 0 unspecified atom stereocenters. The molecule has 0 bridgehead atoms. The Balaban J connectivity index is -0.000000000303. The van der Waals surface area contributed by atoms with Gasteiger partial charge in [-0.15, -0.1) is 0 Å². The lowest BCUT2D eigenvalue weighted by Crippen LogP contribution is -1.22. The van der Waals surface area contributed by atoms with Crippen LogP contribution in [-0.2, 0) is 9.59 Å². The van der Waals surface area contributed by atoms with Crippen LogP contribution in [0.25, 0.3) is 0 Å². The van der Waals surface area contributed by atoms with Gasteiger partial charge >= 0.3 is 6.15 Å². The SMILES string of the molecule is C.C.C.C.C.C.C.C.C.C.C.C.O=C=O. The van der Waals surface area contributed by atoms with Gasteiger partial charge in [0, 0.05) is 0 Å². The van der Waals surface area contributed by atoms with E-state index in [-0.39, 0.29) is 95.3 Å². The normalized spacial score (nSPS) is 0.533. The van der Waals surface area contributed by atoms with Gasteiger partial charge in [0.25, 0.3) is 0 Å². The zero-order valence-corrected chi connectivity index (χ0v) is 1.32. The zero-order chi connectivity index (χ0) is 2.71. The first kappa shape index (κ1) is 1350. The predicted molar refractivity (Wildman–Crippen MR) is 85.8 cm³/mol. The van der Waals surface area contributed by atoms with Crippen LogP contribution in [0.15, 0.2) is 0 Å². The maximum Gasteiger partial charge on any atom is 0.373 e. The average molecular weight is 237 g/mol. The summed E-state index contributed by atoms with van der Waals surface area (Å²) in [6.45, 7) is 0. The molecule has 0 saturated heterocycles. The van der Waals surface area contributed by atoms with Gasteiger partial charge in [-0.05, 0) is 0 Å². The average Bonchev–Trinajstić information content (AvgIpc) is 0.918. The maximum atomic E-state index is 8.12. The Bertz CT molecular complexity index is 29.5. The van der Waals surface area contributed by atoms with E-state index in [1.54, 1.807) is 0 Å². The van der Waals surface area contributed by atoms with Crippen molar-refractivity contribution in [3.8, 4) is 0 Å². The second kappa shape index (κ2) is 14200. The van der Waals surface area contributed by atoms with Crippen molar-refractivity contribution in [3.63, 3.8) is 0 Å². The molecule has 15 heavy (non-hydrogen) atoms. The van der Waals surface area contributed by atoms with Crippen LogP contribution in [0.2, 0.25) is 0 Å². The lowest BCUT2D eigenvalue weighted by Gasteiger charge is -0.945. The molecule has 0 atom stereocenters. The summed E-state index contributed by atoms with van der Waals surface area (Å²) in [5.74, 6) is 0. The van der Waals surface area contributed by atoms with Gasteiger partial charge < -0.3 is 0 Å². The van der Waals surface area contributed by atoms with Gasteiger partial charge in [0.05, 0.1) is 0 Å². The van der Waals surface area contributed by atoms with Gasteiger partial charge in [0.15, 0.2) is 0 Å². The van der Waals surface area contributed by atoms with Crippen LogP contribution in [0.5, 0.6) is 0 Å². The van der Waals surface area contributed by atoms with Crippen molar-refractivity contribution in [2.45, 2.75) is 89.1 Å². The third-order valence-corrected chi connectivity index (χ3v) is 0. The van der Waals surface area contributed by atoms with E-state index >= 15 is 0 Å². The highest BCUT2D eigenvalue weighted by molar-refractivity contribution is 5.20. The van der Waals surface area contributed by atoms with Crippen molar-refractivity contribution in [1.82, 2.24) is 0 Å². The van der Waals surface area contributed by atoms with Crippen molar-refractivity contribution in [1.29, 1.82) is 0 Å². The molecule has 0 aromatic carbocycles. The summed E-state index contributed by atoms with van der Waals surface area (Å²) in [4.78, 5) is 16.2. The topological polar surface area (TPSA) is 34.1 Å². The first-order valence-electron chi connectivity index (χ1n) is 0.408. The fourth-order valence-corrected chi connectivity index (χ4v) is 0. The second-order valence-corrected chi connectivity index (χ2v) is 0.0833. The molecule has 0 aliphatic heterocycles. The molecule has 0 aromatic rings. The lowest BCUT2D eigenvalue weighted by atomic mass is 11.8. The Morgan fingerprint density at radius 3 is 0.333 bits per heavy atom. The monoisotopic (exact) mass is 236 g/mol. The van der Waals surface area contributed by atoms with E-state index in [9.17, 15) is 0 Å². The Morgan fingerprint density at radius 2 is 0.333 bits per heavy atom. The third-order valence-electron chi connectivity index (χ3n) is 0. The Labute approximate surface area is 106 Å². The minimum Gasteiger partial charge on any atom is -0.186 e. The van der Waals surface area contributed by atoms with Gasteiger partial charge in [-0.2, -0.15) is 9.59 Å². The van der Waals surface area contributed by atoms with Gasteiger partial charge in [-0.3, -0.25) is 0 Å². The quantitative estimate of drug-likeness (QED) is 0.451. The highest BCUT2D eigenvalue weighted by Crippen LogP contribution is 0.787. The molecule has 0 aromatic heterocycles. The summed E-state index contributed by atoms with van der Waals surface area (Å²) in [5.41, 5.74) is 0. The summed E-state index contributed by atoms with van der Waals surface area (Å²) >= 11 is 0. The smallest absolute Gasteiger partial charge is 0.186 e. The van der Waals surface area contributed by atoms with E-state index in [2.05, 4.69) is 0 Å². The maximum absolute atomic E-state index is 8.12. The van der Waals surface area contributed by atoms with Gasteiger partial charge in [-0.1, -0.05) is 89.1 Å². The molecule has 0 aliphatic rings. The van der Waals surface area contributed by atoms with Crippen molar-refractivity contribution in [3.05, 3.63) is 0 Å². The number of carbonyl (C=O) groups excluding carboxylic acids is 2. The van der Waals surface area contributed by atoms with E-state index < -0.39 is 0 Å². The molecule has 0 radical (unpaired) electrons. The fourth-order valence-electron chi connectivity index (χ4n) is 0. The molecule has 0 heterocycles. The summed E-state index contributed by atoms with van der Waals surface area (Å²) < 4.78 is 0. The van der Waals surface area contributed by atoms with E-state index in [1.165, 1.54) is 0 Å². The molecule has 0 fully saturated rings. The lowest BCUT2D eigenvalue weighted by molar-refractivity contribution is -0.191. The molecule has 0 aliphatic carbocycles. The molecule has 0 rings (SSSR count). The van der Waals surface area contributed by atoms with E-state index in [0.717, 1.165) is 0 Å².